The lowest BCUT2D eigenvalue weighted by Crippen LogP contribution is -2.55. The lowest BCUT2D eigenvalue weighted by atomic mass is 10.0. The van der Waals surface area contributed by atoms with Crippen LogP contribution in [-0.4, -0.2) is 42.0 Å². The number of ketones is 1. The number of carbonyl (C=O) groups excluding carboxylic acids is 2. The van der Waals surface area contributed by atoms with E-state index in [1.807, 2.05) is 0 Å². The Morgan fingerprint density at radius 2 is 1.80 bits per heavy atom. The van der Waals surface area contributed by atoms with Crippen LogP contribution in [0.25, 0.3) is 11.3 Å². The monoisotopic (exact) mass is 345 g/mol. The fraction of sp³-hybridized carbons (Fsp3) is 0.278. The summed E-state index contributed by atoms with van der Waals surface area (Å²) in [5.41, 5.74) is -0.297. The molecule has 0 fully saturated rings. The molecule has 7 heteroatoms. The number of rotatable bonds is 7. The normalized spacial score (nSPS) is 13.1. The summed E-state index contributed by atoms with van der Waals surface area (Å²) in [5, 5.41) is 11.7. The van der Waals surface area contributed by atoms with E-state index in [4.69, 9.17) is 9.15 Å². The number of hydrogen-bond acceptors (Lipinski definition) is 5. The van der Waals surface area contributed by atoms with E-state index < -0.39 is 17.4 Å². The van der Waals surface area contributed by atoms with E-state index in [0.717, 1.165) is 0 Å². The molecule has 1 unspecified atom stereocenters. The molecule has 0 aliphatic carbocycles. The zero-order chi connectivity index (χ0) is 18.6. The van der Waals surface area contributed by atoms with Crippen molar-refractivity contribution in [3.63, 3.8) is 0 Å². The Bertz CT molecular complexity index is 792. The molecule has 2 rings (SSSR count). The van der Waals surface area contributed by atoms with Crippen LogP contribution in [0.2, 0.25) is 0 Å². The first-order valence-electron chi connectivity index (χ1n) is 7.53. The summed E-state index contributed by atoms with van der Waals surface area (Å²) < 4.78 is 10.4. The second kappa shape index (κ2) is 7.31. The fourth-order valence-electron chi connectivity index (χ4n) is 2.24. The van der Waals surface area contributed by atoms with Crippen molar-refractivity contribution in [2.24, 2.45) is 0 Å². The third-order valence-electron chi connectivity index (χ3n) is 3.70. The summed E-state index contributed by atoms with van der Waals surface area (Å²) in [7, 11) is 1.35. The molecular weight excluding hydrogens is 326 g/mol. The van der Waals surface area contributed by atoms with Gasteiger partial charge in [0.1, 0.15) is 5.76 Å². The van der Waals surface area contributed by atoms with Gasteiger partial charge in [0, 0.05) is 18.2 Å². The highest BCUT2D eigenvalue weighted by Gasteiger charge is 2.36. The molecule has 1 aromatic carbocycles. The van der Waals surface area contributed by atoms with Gasteiger partial charge >= 0.3 is 5.97 Å². The average Bonchev–Trinajstić information content (AvgIpc) is 3.05. The van der Waals surface area contributed by atoms with Crippen LogP contribution in [0.1, 0.15) is 34.8 Å². The highest BCUT2D eigenvalue weighted by molar-refractivity contribution is 5.96. The molecule has 0 aliphatic heterocycles. The molecule has 0 spiro atoms. The Morgan fingerprint density at radius 3 is 2.32 bits per heavy atom. The molecule has 1 amide bonds. The van der Waals surface area contributed by atoms with Crippen molar-refractivity contribution in [1.29, 1.82) is 0 Å². The first-order chi connectivity index (χ1) is 11.8. The van der Waals surface area contributed by atoms with Gasteiger partial charge in [0.15, 0.2) is 17.1 Å². The molecule has 132 valence electrons. The summed E-state index contributed by atoms with van der Waals surface area (Å²) in [6.07, 6.45) is 0. The van der Waals surface area contributed by atoms with Crippen molar-refractivity contribution in [2.45, 2.75) is 19.4 Å². The van der Waals surface area contributed by atoms with Crippen molar-refractivity contribution < 1.29 is 28.6 Å². The Labute approximate surface area is 144 Å². The van der Waals surface area contributed by atoms with Crippen molar-refractivity contribution in [2.75, 3.05) is 13.7 Å². The number of methoxy groups -OCH3 is 1. The maximum absolute atomic E-state index is 12.3. The number of carboxylic acid groups (broad SMARTS) is 1. The van der Waals surface area contributed by atoms with E-state index >= 15 is 0 Å². The summed E-state index contributed by atoms with van der Waals surface area (Å²) >= 11 is 0. The van der Waals surface area contributed by atoms with Crippen LogP contribution in [0.5, 0.6) is 0 Å². The van der Waals surface area contributed by atoms with E-state index in [-0.39, 0.29) is 18.2 Å². The Kier molecular flexibility index (Phi) is 5.38. The number of aliphatic carboxylic acids is 1. The van der Waals surface area contributed by atoms with Gasteiger partial charge in [-0.2, -0.15) is 0 Å². The average molecular weight is 345 g/mol. The topological polar surface area (TPSA) is 106 Å². The number of Topliss-reactive ketones (excluding diaryl/α,β-unsaturated/α-hetero) is 1. The lowest BCUT2D eigenvalue weighted by molar-refractivity contribution is -0.145. The molecule has 2 aromatic rings. The first kappa shape index (κ1) is 18.4. The molecule has 25 heavy (non-hydrogen) atoms. The zero-order valence-electron chi connectivity index (χ0n) is 14.2. The summed E-state index contributed by atoms with van der Waals surface area (Å²) in [6, 6.07) is 9.82. The van der Waals surface area contributed by atoms with E-state index in [0.29, 0.717) is 16.9 Å². The SMILES string of the molecule is COCC(C)(NC(=O)c1ccc(-c2ccc(C(C)=O)cc2)o1)C(=O)O. The first-order valence-corrected chi connectivity index (χ1v) is 7.53. The highest BCUT2D eigenvalue weighted by Crippen LogP contribution is 2.23. The predicted molar refractivity (Wildman–Crippen MR) is 89.5 cm³/mol. The Morgan fingerprint density at radius 1 is 1.16 bits per heavy atom. The number of nitrogens with one attached hydrogen (secondary N) is 1. The van der Waals surface area contributed by atoms with Gasteiger partial charge in [0.25, 0.3) is 5.91 Å². The maximum atomic E-state index is 12.3. The van der Waals surface area contributed by atoms with Gasteiger partial charge in [-0.05, 0) is 26.0 Å². The van der Waals surface area contributed by atoms with Crippen molar-refractivity contribution in [3.05, 3.63) is 47.7 Å². The van der Waals surface area contributed by atoms with Gasteiger partial charge in [-0.3, -0.25) is 9.59 Å². The number of carbonyl (C=O) groups is 3. The second-order valence-corrected chi connectivity index (χ2v) is 5.82. The maximum Gasteiger partial charge on any atom is 0.331 e. The predicted octanol–water partition coefficient (Wildman–Crippen LogP) is 2.37. The van der Waals surface area contributed by atoms with Gasteiger partial charge < -0.3 is 19.6 Å². The number of ether oxygens (including phenoxy) is 1. The summed E-state index contributed by atoms with van der Waals surface area (Å²) in [4.78, 5) is 34.9. The largest absolute Gasteiger partial charge is 0.479 e. The van der Waals surface area contributed by atoms with Gasteiger partial charge in [-0.25, -0.2) is 4.79 Å². The van der Waals surface area contributed by atoms with Gasteiger partial charge in [0.2, 0.25) is 0 Å². The lowest BCUT2D eigenvalue weighted by Gasteiger charge is -2.24. The molecule has 0 aliphatic rings. The summed E-state index contributed by atoms with van der Waals surface area (Å²) in [6.45, 7) is 2.64. The van der Waals surface area contributed by atoms with Gasteiger partial charge in [-0.1, -0.05) is 24.3 Å². The molecule has 0 saturated heterocycles. The third-order valence-corrected chi connectivity index (χ3v) is 3.70. The summed E-state index contributed by atoms with van der Waals surface area (Å²) in [5.74, 6) is -1.50. The van der Waals surface area contributed by atoms with Crippen molar-refractivity contribution in [1.82, 2.24) is 5.32 Å². The van der Waals surface area contributed by atoms with Crippen LogP contribution in [0, 0.1) is 0 Å². The minimum absolute atomic E-state index is 0.0192. The molecule has 1 heterocycles. The third kappa shape index (κ3) is 4.13. The smallest absolute Gasteiger partial charge is 0.331 e. The van der Waals surface area contributed by atoms with Crippen LogP contribution in [-0.2, 0) is 9.53 Å². The van der Waals surface area contributed by atoms with Crippen molar-refractivity contribution in [3.8, 4) is 11.3 Å². The fourth-order valence-corrected chi connectivity index (χ4v) is 2.24. The number of hydrogen-bond donors (Lipinski definition) is 2. The molecule has 2 N–H and O–H groups in total. The minimum Gasteiger partial charge on any atom is -0.479 e. The molecule has 7 nitrogen and oxygen atoms in total. The minimum atomic E-state index is -1.57. The molecule has 0 radical (unpaired) electrons. The van der Waals surface area contributed by atoms with E-state index in [9.17, 15) is 19.5 Å². The number of carboxylic acids is 1. The standard InChI is InChI=1S/C18H19NO6/c1-11(20)12-4-6-13(7-5-12)14-8-9-15(25-14)16(21)19-18(2,10-24-3)17(22)23/h4-9H,10H2,1-3H3,(H,19,21)(H,22,23). The van der Waals surface area contributed by atoms with E-state index in [1.54, 1.807) is 30.3 Å². The Hall–Kier alpha value is -2.93. The van der Waals surface area contributed by atoms with Crippen molar-refractivity contribution >= 4 is 17.7 Å². The van der Waals surface area contributed by atoms with E-state index in [2.05, 4.69) is 5.32 Å². The molecule has 0 bridgehead atoms. The van der Waals surface area contributed by atoms with E-state index in [1.165, 1.54) is 27.0 Å². The van der Waals surface area contributed by atoms with Gasteiger partial charge in [-0.15, -0.1) is 0 Å². The van der Waals surface area contributed by atoms with Crippen LogP contribution >= 0.6 is 0 Å². The number of furan rings is 1. The highest BCUT2D eigenvalue weighted by atomic mass is 16.5. The van der Waals surface area contributed by atoms with Crippen LogP contribution in [0.15, 0.2) is 40.8 Å². The second-order valence-electron chi connectivity index (χ2n) is 5.82. The quantitative estimate of drug-likeness (QED) is 0.746. The van der Waals surface area contributed by atoms with Crippen LogP contribution in [0.3, 0.4) is 0 Å². The molecule has 1 atom stereocenters. The zero-order valence-corrected chi connectivity index (χ0v) is 14.2. The molecule has 0 saturated carbocycles. The van der Waals surface area contributed by atoms with Crippen LogP contribution < -0.4 is 5.32 Å². The number of benzene rings is 1. The van der Waals surface area contributed by atoms with Gasteiger partial charge in [0.05, 0.1) is 6.61 Å². The molecule has 1 aromatic heterocycles. The van der Waals surface area contributed by atoms with Crippen LogP contribution in [0.4, 0.5) is 0 Å². The number of amides is 1. The Balaban J connectivity index is 2.18. The molecular formula is C18H19NO6.